The summed E-state index contributed by atoms with van der Waals surface area (Å²) in [6.45, 7) is 0.896. The zero-order valence-electron chi connectivity index (χ0n) is 15.7. The first-order chi connectivity index (χ1) is 13.7. The average molecular weight is 408 g/mol. The molecule has 3 amide bonds. The van der Waals surface area contributed by atoms with E-state index < -0.39 is 35.0 Å². The summed E-state index contributed by atoms with van der Waals surface area (Å²) in [6, 6.07) is 8.10. The quantitative estimate of drug-likeness (QED) is 0.615. The molecule has 0 spiro atoms. The number of halogens is 3. The summed E-state index contributed by atoms with van der Waals surface area (Å²) >= 11 is 0. The van der Waals surface area contributed by atoms with Gasteiger partial charge in [0.25, 0.3) is 0 Å². The zero-order chi connectivity index (χ0) is 21.6. The molecule has 154 valence electrons. The highest BCUT2D eigenvalue weighted by Gasteiger charge is 2.17. The Balaban J connectivity index is 1.87. The Morgan fingerprint density at radius 1 is 0.862 bits per heavy atom. The van der Waals surface area contributed by atoms with Crippen LogP contribution in [-0.2, 0) is 14.4 Å². The molecular weight excluding hydrogens is 389 g/mol. The van der Waals surface area contributed by atoms with Gasteiger partial charge in [-0.15, -0.1) is 0 Å². The van der Waals surface area contributed by atoms with Crippen molar-refractivity contribution in [1.29, 1.82) is 0 Å². The van der Waals surface area contributed by atoms with Crippen LogP contribution in [0.25, 0.3) is 0 Å². The van der Waals surface area contributed by atoms with Gasteiger partial charge >= 0.3 is 0 Å². The first kappa shape index (κ1) is 21.9. The fourth-order valence-corrected chi connectivity index (χ4v) is 2.44. The van der Waals surface area contributed by atoms with Crippen molar-refractivity contribution in [2.24, 2.45) is 0 Å². The van der Waals surface area contributed by atoms with E-state index in [4.69, 9.17) is 0 Å². The molecule has 0 aliphatic heterocycles. The van der Waals surface area contributed by atoms with Crippen molar-refractivity contribution >= 4 is 34.8 Å². The maximum atomic E-state index is 13.6. The summed E-state index contributed by atoms with van der Waals surface area (Å²) in [7, 11) is 1.48. The van der Waals surface area contributed by atoms with Crippen LogP contribution in [-0.4, -0.2) is 42.8 Å². The molecule has 29 heavy (non-hydrogen) atoms. The monoisotopic (exact) mass is 408 g/mol. The van der Waals surface area contributed by atoms with E-state index in [1.54, 1.807) is 24.3 Å². The molecule has 0 aliphatic rings. The van der Waals surface area contributed by atoms with Crippen LogP contribution in [0.3, 0.4) is 0 Å². The SMILES string of the molecule is CC(=O)Nc1cccc(NC(=O)CN(C)CC(=O)Nc2ccc(F)c(F)c2F)c1. The number of nitrogens with one attached hydrogen (secondary N) is 3. The first-order valence-electron chi connectivity index (χ1n) is 8.45. The van der Waals surface area contributed by atoms with Crippen LogP contribution in [0, 0.1) is 17.5 Å². The summed E-state index contributed by atoms with van der Waals surface area (Å²) in [4.78, 5) is 36.5. The van der Waals surface area contributed by atoms with Gasteiger partial charge in [0.05, 0.1) is 18.8 Å². The van der Waals surface area contributed by atoms with Crippen LogP contribution in [0.2, 0.25) is 0 Å². The second-order valence-corrected chi connectivity index (χ2v) is 6.25. The highest BCUT2D eigenvalue weighted by Crippen LogP contribution is 2.19. The number of nitrogens with zero attached hydrogens (tertiary/aromatic N) is 1. The lowest BCUT2D eigenvalue weighted by atomic mass is 10.2. The smallest absolute Gasteiger partial charge is 0.238 e. The molecule has 2 aromatic carbocycles. The fourth-order valence-electron chi connectivity index (χ4n) is 2.44. The van der Waals surface area contributed by atoms with Gasteiger partial charge in [0, 0.05) is 18.3 Å². The summed E-state index contributed by atoms with van der Waals surface area (Å²) in [6.07, 6.45) is 0. The Bertz CT molecular complexity index is 937. The van der Waals surface area contributed by atoms with E-state index in [0.29, 0.717) is 17.4 Å². The molecule has 3 N–H and O–H groups in total. The third kappa shape index (κ3) is 6.61. The number of carbonyl (C=O) groups excluding carboxylic acids is 3. The minimum absolute atomic E-state index is 0.169. The molecule has 0 unspecified atom stereocenters. The highest BCUT2D eigenvalue weighted by molar-refractivity contribution is 5.95. The molecule has 0 fully saturated rings. The molecule has 10 heteroatoms. The van der Waals surface area contributed by atoms with Gasteiger partial charge in [0.2, 0.25) is 17.7 Å². The Hall–Kier alpha value is -3.40. The van der Waals surface area contributed by atoms with Crippen molar-refractivity contribution in [3.8, 4) is 0 Å². The van der Waals surface area contributed by atoms with Crippen LogP contribution < -0.4 is 16.0 Å². The predicted molar refractivity (Wildman–Crippen MR) is 102 cm³/mol. The van der Waals surface area contributed by atoms with Crippen LogP contribution in [0.5, 0.6) is 0 Å². The van der Waals surface area contributed by atoms with Gasteiger partial charge in [-0.25, -0.2) is 13.2 Å². The number of carbonyl (C=O) groups is 3. The second-order valence-electron chi connectivity index (χ2n) is 6.25. The Morgan fingerprint density at radius 3 is 2.07 bits per heavy atom. The predicted octanol–water partition coefficient (Wildman–Crippen LogP) is 2.57. The maximum Gasteiger partial charge on any atom is 0.238 e. The van der Waals surface area contributed by atoms with Gasteiger partial charge in [0.1, 0.15) is 0 Å². The van der Waals surface area contributed by atoms with Crippen LogP contribution in [0.4, 0.5) is 30.2 Å². The molecule has 0 saturated carbocycles. The Kier molecular flexibility index (Phi) is 7.32. The van der Waals surface area contributed by atoms with Crippen molar-refractivity contribution in [3.63, 3.8) is 0 Å². The standard InChI is InChI=1S/C19H19F3N4O3/c1-11(27)23-12-4-3-5-13(8-12)24-16(28)9-26(2)10-17(29)25-15-7-6-14(20)18(21)19(15)22/h3-8H,9-10H2,1-2H3,(H,23,27)(H,24,28)(H,25,29). The van der Waals surface area contributed by atoms with Crippen LogP contribution in [0.1, 0.15) is 6.92 Å². The molecule has 0 atom stereocenters. The molecule has 2 rings (SSSR count). The second kappa shape index (κ2) is 9.69. The topological polar surface area (TPSA) is 90.5 Å². The van der Waals surface area contributed by atoms with Crippen molar-refractivity contribution < 1.29 is 27.6 Å². The summed E-state index contributed by atoms with van der Waals surface area (Å²) in [5, 5.41) is 7.33. The third-order valence-corrected chi connectivity index (χ3v) is 3.60. The fraction of sp³-hybridized carbons (Fsp3) is 0.211. The molecule has 0 aliphatic carbocycles. The molecule has 0 radical (unpaired) electrons. The molecule has 0 heterocycles. The van der Waals surface area contributed by atoms with Crippen molar-refractivity contribution in [2.75, 3.05) is 36.1 Å². The lowest BCUT2D eigenvalue weighted by molar-refractivity contribution is -0.119. The summed E-state index contributed by atoms with van der Waals surface area (Å²) in [5.41, 5.74) is 0.459. The highest BCUT2D eigenvalue weighted by atomic mass is 19.2. The Labute approximate surface area is 164 Å². The normalized spacial score (nSPS) is 10.6. The summed E-state index contributed by atoms with van der Waals surface area (Å²) < 4.78 is 39.7. The number of hydrogen-bond acceptors (Lipinski definition) is 4. The van der Waals surface area contributed by atoms with E-state index in [1.165, 1.54) is 18.9 Å². The first-order valence-corrected chi connectivity index (χ1v) is 8.45. The van der Waals surface area contributed by atoms with Gasteiger partial charge in [-0.3, -0.25) is 19.3 Å². The van der Waals surface area contributed by atoms with E-state index >= 15 is 0 Å². The minimum Gasteiger partial charge on any atom is -0.326 e. The van der Waals surface area contributed by atoms with Crippen molar-refractivity contribution in [1.82, 2.24) is 4.90 Å². The van der Waals surface area contributed by atoms with Crippen molar-refractivity contribution in [2.45, 2.75) is 6.92 Å². The summed E-state index contributed by atoms with van der Waals surface area (Å²) in [5.74, 6) is -5.94. The van der Waals surface area contributed by atoms with E-state index in [-0.39, 0.29) is 19.0 Å². The van der Waals surface area contributed by atoms with Gasteiger partial charge in [-0.1, -0.05) is 6.07 Å². The lowest BCUT2D eigenvalue weighted by Crippen LogP contribution is -2.36. The van der Waals surface area contributed by atoms with Crippen LogP contribution in [0.15, 0.2) is 36.4 Å². The van der Waals surface area contributed by atoms with Gasteiger partial charge in [-0.05, 0) is 37.4 Å². The molecule has 0 saturated heterocycles. The number of anilines is 3. The average Bonchev–Trinajstić information content (AvgIpc) is 2.61. The lowest BCUT2D eigenvalue weighted by Gasteiger charge is -2.16. The van der Waals surface area contributed by atoms with E-state index in [0.717, 1.165) is 6.07 Å². The number of benzene rings is 2. The van der Waals surface area contributed by atoms with E-state index in [2.05, 4.69) is 16.0 Å². The molecular formula is C19H19F3N4O3. The van der Waals surface area contributed by atoms with E-state index in [1.807, 2.05) is 0 Å². The number of amides is 3. The molecule has 7 nitrogen and oxygen atoms in total. The number of hydrogen-bond donors (Lipinski definition) is 3. The van der Waals surface area contributed by atoms with Gasteiger partial charge < -0.3 is 16.0 Å². The number of rotatable bonds is 7. The van der Waals surface area contributed by atoms with Crippen molar-refractivity contribution in [3.05, 3.63) is 53.8 Å². The molecule has 0 bridgehead atoms. The maximum absolute atomic E-state index is 13.6. The third-order valence-electron chi connectivity index (χ3n) is 3.60. The molecule has 2 aromatic rings. The van der Waals surface area contributed by atoms with Gasteiger partial charge in [-0.2, -0.15) is 0 Å². The Morgan fingerprint density at radius 2 is 1.45 bits per heavy atom. The van der Waals surface area contributed by atoms with E-state index in [9.17, 15) is 27.6 Å². The zero-order valence-corrected chi connectivity index (χ0v) is 15.7. The van der Waals surface area contributed by atoms with Gasteiger partial charge in [0.15, 0.2) is 17.5 Å². The largest absolute Gasteiger partial charge is 0.326 e. The molecule has 0 aromatic heterocycles. The number of likely N-dealkylation sites (N-methyl/N-ethyl adjacent to an activating group) is 1. The van der Waals surface area contributed by atoms with Crippen LogP contribution >= 0.6 is 0 Å². The minimum atomic E-state index is -1.68.